The standard InChI is InChI=1S/C22H24ClNO3/c1-26-18-9-6-15(7-10-18)19-5-3-2-4-12-24(19)22(25)21-14-16-13-17(23)8-11-20(16)27-21/h6-11,13,19,21H,2-5,12,14H2,1H3/t19-,21-/m0/s1. The number of hydrogen-bond donors (Lipinski definition) is 0. The molecule has 0 aromatic heterocycles. The van der Waals surface area contributed by atoms with Gasteiger partial charge in [-0.05, 0) is 54.3 Å². The summed E-state index contributed by atoms with van der Waals surface area (Å²) in [5.74, 6) is 1.68. The predicted octanol–water partition coefficient (Wildman–Crippen LogP) is 4.80. The normalized spacial score (nSPS) is 21.9. The highest BCUT2D eigenvalue weighted by Crippen LogP contribution is 2.35. The number of rotatable bonds is 3. The molecule has 0 radical (unpaired) electrons. The molecule has 142 valence electrons. The van der Waals surface area contributed by atoms with Gasteiger partial charge in [0.25, 0.3) is 5.91 Å². The molecule has 0 bridgehead atoms. The van der Waals surface area contributed by atoms with Gasteiger partial charge in [-0.3, -0.25) is 4.79 Å². The quantitative estimate of drug-likeness (QED) is 0.762. The lowest BCUT2D eigenvalue weighted by molar-refractivity contribution is -0.140. The lowest BCUT2D eigenvalue weighted by Crippen LogP contribution is -2.43. The Bertz CT molecular complexity index is 821. The lowest BCUT2D eigenvalue weighted by Gasteiger charge is -2.32. The fourth-order valence-corrected chi connectivity index (χ4v) is 4.28. The Morgan fingerprint density at radius 1 is 1.15 bits per heavy atom. The van der Waals surface area contributed by atoms with Gasteiger partial charge in [-0.1, -0.05) is 36.6 Å². The molecule has 2 heterocycles. The third-order valence-corrected chi connectivity index (χ3v) is 5.74. The molecule has 2 aliphatic heterocycles. The fraction of sp³-hybridized carbons (Fsp3) is 0.409. The maximum Gasteiger partial charge on any atom is 0.264 e. The van der Waals surface area contributed by atoms with Gasteiger partial charge < -0.3 is 14.4 Å². The molecule has 5 heteroatoms. The van der Waals surface area contributed by atoms with Gasteiger partial charge >= 0.3 is 0 Å². The summed E-state index contributed by atoms with van der Waals surface area (Å²) in [5.41, 5.74) is 2.17. The molecule has 0 saturated carbocycles. The molecule has 2 aromatic carbocycles. The summed E-state index contributed by atoms with van der Waals surface area (Å²) in [4.78, 5) is 15.4. The van der Waals surface area contributed by atoms with Gasteiger partial charge in [0, 0.05) is 18.0 Å². The zero-order valence-electron chi connectivity index (χ0n) is 15.5. The highest BCUT2D eigenvalue weighted by atomic mass is 35.5. The van der Waals surface area contributed by atoms with E-state index in [4.69, 9.17) is 21.1 Å². The molecule has 2 aliphatic rings. The maximum absolute atomic E-state index is 13.4. The van der Waals surface area contributed by atoms with Crippen LogP contribution in [0.3, 0.4) is 0 Å². The first-order chi connectivity index (χ1) is 13.2. The van der Waals surface area contributed by atoms with E-state index < -0.39 is 6.10 Å². The van der Waals surface area contributed by atoms with Gasteiger partial charge in [0.2, 0.25) is 0 Å². The summed E-state index contributed by atoms with van der Waals surface area (Å²) in [7, 11) is 1.66. The summed E-state index contributed by atoms with van der Waals surface area (Å²) in [6.07, 6.45) is 4.41. The summed E-state index contributed by atoms with van der Waals surface area (Å²) >= 11 is 6.09. The van der Waals surface area contributed by atoms with Crippen molar-refractivity contribution in [3.63, 3.8) is 0 Å². The Morgan fingerprint density at radius 2 is 1.96 bits per heavy atom. The van der Waals surface area contributed by atoms with E-state index in [1.807, 2.05) is 29.2 Å². The Kier molecular flexibility index (Phi) is 5.26. The van der Waals surface area contributed by atoms with Crippen LogP contribution in [-0.2, 0) is 11.2 Å². The second-order valence-corrected chi connectivity index (χ2v) is 7.67. The number of ether oxygens (including phenoxy) is 2. The van der Waals surface area contributed by atoms with E-state index in [2.05, 4.69) is 12.1 Å². The number of carbonyl (C=O) groups excluding carboxylic acids is 1. The van der Waals surface area contributed by atoms with Gasteiger partial charge in [-0.15, -0.1) is 0 Å². The van der Waals surface area contributed by atoms with Crippen LogP contribution in [0.25, 0.3) is 0 Å². The SMILES string of the molecule is COc1ccc([C@@H]2CCCCCN2C(=O)[C@@H]2Cc3cc(Cl)ccc3O2)cc1. The smallest absolute Gasteiger partial charge is 0.264 e. The third-order valence-electron chi connectivity index (χ3n) is 5.51. The fourth-order valence-electron chi connectivity index (χ4n) is 4.08. The average molecular weight is 386 g/mol. The molecule has 1 fully saturated rings. The van der Waals surface area contributed by atoms with E-state index in [9.17, 15) is 4.79 Å². The first kappa shape index (κ1) is 18.2. The van der Waals surface area contributed by atoms with Gasteiger partial charge in [0.15, 0.2) is 6.10 Å². The number of benzene rings is 2. The topological polar surface area (TPSA) is 38.8 Å². The molecule has 1 saturated heterocycles. The second-order valence-electron chi connectivity index (χ2n) is 7.23. The van der Waals surface area contributed by atoms with Crippen molar-refractivity contribution in [2.24, 2.45) is 0 Å². The number of hydrogen-bond acceptors (Lipinski definition) is 3. The van der Waals surface area contributed by atoms with Crippen molar-refractivity contribution in [3.05, 3.63) is 58.6 Å². The van der Waals surface area contributed by atoms with Gasteiger partial charge in [-0.2, -0.15) is 0 Å². The van der Waals surface area contributed by atoms with Crippen LogP contribution in [0.15, 0.2) is 42.5 Å². The van der Waals surface area contributed by atoms with E-state index in [-0.39, 0.29) is 11.9 Å². The number of halogens is 1. The number of methoxy groups -OCH3 is 1. The van der Waals surface area contributed by atoms with Crippen LogP contribution in [-0.4, -0.2) is 30.6 Å². The Hall–Kier alpha value is -2.20. The van der Waals surface area contributed by atoms with Crippen molar-refractivity contribution >= 4 is 17.5 Å². The van der Waals surface area contributed by atoms with Crippen LogP contribution in [0.2, 0.25) is 5.02 Å². The molecule has 0 N–H and O–H groups in total. The number of nitrogens with zero attached hydrogens (tertiary/aromatic N) is 1. The minimum absolute atomic E-state index is 0.0741. The molecule has 4 rings (SSSR count). The predicted molar refractivity (Wildman–Crippen MR) is 105 cm³/mol. The summed E-state index contributed by atoms with van der Waals surface area (Å²) in [5, 5.41) is 0.677. The van der Waals surface area contributed by atoms with Crippen molar-refractivity contribution < 1.29 is 14.3 Å². The van der Waals surface area contributed by atoms with Crippen LogP contribution >= 0.6 is 11.6 Å². The van der Waals surface area contributed by atoms with E-state index >= 15 is 0 Å². The Morgan fingerprint density at radius 3 is 2.74 bits per heavy atom. The molecular weight excluding hydrogens is 362 g/mol. The Labute approximate surface area is 165 Å². The van der Waals surface area contributed by atoms with Gasteiger partial charge in [0.1, 0.15) is 11.5 Å². The first-order valence-electron chi connectivity index (χ1n) is 9.55. The maximum atomic E-state index is 13.4. The average Bonchev–Trinajstić information content (AvgIpc) is 2.95. The molecule has 0 spiro atoms. The highest BCUT2D eigenvalue weighted by molar-refractivity contribution is 6.30. The second kappa shape index (κ2) is 7.81. The molecule has 2 aromatic rings. The minimum Gasteiger partial charge on any atom is -0.497 e. The Balaban J connectivity index is 1.56. The molecule has 0 unspecified atom stereocenters. The van der Waals surface area contributed by atoms with Crippen molar-refractivity contribution in [2.45, 2.75) is 44.2 Å². The number of amides is 1. The van der Waals surface area contributed by atoms with Crippen molar-refractivity contribution in [1.82, 2.24) is 4.90 Å². The lowest BCUT2D eigenvalue weighted by atomic mass is 9.99. The van der Waals surface area contributed by atoms with Gasteiger partial charge in [0.05, 0.1) is 13.2 Å². The van der Waals surface area contributed by atoms with Crippen LogP contribution < -0.4 is 9.47 Å². The summed E-state index contributed by atoms with van der Waals surface area (Å²) < 4.78 is 11.2. The van der Waals surface area contributed by atoms with Crippen LogP contribution in [0, 0.1) is 0 Å². The number of likely N-dealkylation sites (tertiary alicyclic amines) is 1. The minimum atomic E-state index is -0.461. The molecule has 27 heavy (non-hydrogen) atoms. The first-order valence-corrected chi connectivity index (χ1v) is 9.93. The van der Waals surface area contributed by atoms with Crippen molar-refractivity contribution in [1.29, 1.82) is 0 Å². The molecular formula is C22H24ClNO3. The molecule has 1 amide bonds. The highest BCUT2D eigenvalue weighted by Gasteiger charge is 2.36. The number of fused-ring (bicyclic) bond motifs is 1. The number of carbonyl (C=O) groups is 1. The van der Waals surface area contributed by atoms with E-state index in [0.717, 1.165) is 54.9 Å². The van der Waals surface area contributed by atoms with Crippen molar-refractivity contribution in [3.8, 4) is 11.5 Å². The van der Waals surface area contributed by atoms with Crippen LogP contribution in [0.4, 0.5) is 0 Å². The molecule has 2 atom stereocenters. The molecule has 4 nitrogen and oxygen atoms in total. The summed E-state index contributed by atoms with van der Waals surface area (Å²) in [6, 6.07) is 13.7. The van der Waals surface area contributed by atoms with E-state index in [1.165, 1.54) is 0 Å². The van der Waals surface area contributed by atoms with E-state index in [1.54, 1.807) is 13.2 Å². The van der Waals surface area contributed by atoms with Crippen LogP contribution in [0.5, 0.6) is 11.5 Å². The van der Waals surface area contributed by atoms with Crippen LogP contribution in [0.1, 0.15) is 42.9 Å². The third kappa shape index (κ3) is 3.77. The summed E-state index contributed by atoms with van der Waals surface area (Å²) in [6.45, 7) is 0.770. The van der Waals surface area contributed by atoms with Gasteiger partial charge in [-0.25, -0.2) is 0 Å². The zero-order valence-corrected chi connectivity index (χ0v) is 16.2. The van der Waals surface area contributed by atoms with Crippen molar-refractivity contribution in [2.75, 3.05) is 13.7 Å². The largest absolute Gasteiger partial charge is 0.497 e. The molecule has 0 aliphatic carbocycles. The van der Waals surface area contributed by atoms with E-state index in [0.29, 0.717) is 11.4 Å². The zero-order chi connectivity index (χ0) is 18.8. The monoisotopic (exact) mass is 385 g/mol.